The molecule has 5 heteroatoms. The highest BCUT2D eigenvalue weighted by Gasteiger charge is 2.38. The average molecular weight is 425 g/mol. The summed E-state index contributed by atoms with van der Waals surface area (Å²) >= 11 is 0. The molecule has 0 spiro atoms. The van der Waals surface area contributed by atoms with Gasteiger partial charge in [-0.25, -0.2) is 0 Å². The van der Waals surface area contributed by atoms with Crippen molar-refractivity contribution in [1.29, 1.82) is 0 Å². The Morgan fingerprint density at radius 1 is 0.900 bits per heavy atom. The van der Waals surface area contributed by atoms with Crippen LogP contribution in [0.3, 0.4) is 0 Å². The number of piperidine rings is 1. The zero-order chi connectivity index (χ0) is 22.6. The monoisotopic (exact) mass is 424 g/mol. The number of carboxylic acid groups (broad SMARTS) is 1. The lowest BCUT2D eigenvalue weighted by molar-refractivity contribution is -0.141. The van der Waals surface area contributed by atoms with E-state index in [1.165, 1.54) is 51.4 Å². The summed E-state index contributed by atoms with van der Waals surface area (Å²) in [4.78, 5) is 24.2. The third kappa shape index (κ3) is 11.9. The normalized spacial score (nSPS) is 19.4. The summed E-state index contributed by atoms with van der Waals surface area (Å²) in [5.74, 6) is -1.38. The van der Waals surface area contributed by atoms with Gasteiger partial charge in [0.05, 0.1) is 6.42 Å². The van der Waals surface area contributed by atoms with Gasteiger partial charge in [0, 0.05) is 23.0 Å². The van der Waals surface area contributed by atoms with Crippen LogP contribution in [0.1, 0.15) is 125 Å². The fraction of sp³-hybridized carbons (Fsp3) is 0.920. The van der Waals surface area contributed by atoms with E-state index < -0.39 is 11.9 Å². The molecule has 5 nitrogen and oxygen atoms in total. The molecular formula is C25H48N2O3. The van der Waals surface area contributed by atoms with Crippen LogP contribution in [-0.4, -0.2) is 34.1 Å². The van der Waals surface area contributed by atoms with Crippen molar-refractivity contribution >= 4 is 11.9 Å². The Balaban J connectivity index is 2.36. The van der Waals surface area contributed by atoms with Gasteiger partial charge in [-0.2, -0.15) is 0 Å². The predicted molar refractivity (Wildman–Crippen MR) is 125 cm³/mol. The van der Waals surface area contributed by atoms with Crippen LogP contribution in [0.25, 0.3) is 0 Å². The molecular weight excluding hydrogens is 376 g/mol. The predicted octanol–water partition coefficient (Wildman–Crippen LogP) is 5.81. The van der Waals surface area contributed by atoms with Gasteiger partial charge in [0.15, 0.2) is 0 Å². The first-order valence-corrected chi connectivity index (χ1v) is 12.4. The van der Waals surface area contributed by atoms with Crippen LogP contribution in [0.5, 0.6) is 0 Å². The standard InChI is InChI=1S/C25H48N2O3/c1-6-7-8-9-10-11-12-13-14-15-16-20(17-22(28)29)23(30)26-21-18-24(2,3)27-25(4,5)19-21/h20-21,27H,6-19H2,1-5H3,(H,26,30)(H,28,29). The van der Waals surface area contributed by atoms with E-state index in [1.54, 1.807) is 0 Å². The molecule has 176 valence electrons. The van der Waals surface area contributed by atoms with E-state index in [-0.39, 0.29) is 29.4 Å². The van der Waals surface area contributed by atoms with Crippen molar-refractivity contribution in [2.75, 3.05) is 0 Å². The second kappa shape index (κ2) is 13.3. The molecule has 0 aliphatic carbocycles. The first kappa shape index (κ1) is 26.9. The van der Waals surface area contributed by atoms with Gasteiger partial charge in [0.25, 0.3) is 0 Å². The Labute approximate surface area is 185 Å². The Hall–Kier alpha value is -1.10. The van der Waals surface area contributed by atoms with Crippen LogP contribution < -0.4 is 10.6 Å². The molecule has 0 aromatic rings. The zero-order valence-electron chi connectivity index (χ0n) is 20.3. The summed E-state index contributed by atoms with van der Waals surface area (Å²) in [6, 6.07) is 0.0905. The number of aliphatic carboxylic acids is 1. The van der Waals surface area contributed by atoms with Crippen molar-refractivity contribution < 1.29 is 14.7 Å². The van der Waals surface area contributed by atoms with Gasteiger partial charge in [-0.05, 0) is 47.0 Å². The number of nitrogens with one attached hydrogen (secondary N) is 2. The number of hydrogen-bond donors (Lipinski definition) is 3. The number of carboxylic acids is 1. The summed E-state index contributed by atoms with van der Waals surface area (Å²) in [5, 5.41) is 16.1. The lowest BCUT2D eigenvalue weighted by Crippen LogP contribution is -2.62. The quantitative estimate of drug-likeness (QED) is 0.290. The fourth-order valence-electron chi connectivity index (χ4n) is 5.16. The van der Waals surface area contributed by atoms with Crippen LogP contribution in [0.2, 0.25) is 0 Å². The minimum Gasteiger partial charge on any atom is -0.481 e. The Bertz CT molecular complexity index is 501. The molecule has 0 aromatic carbocycles. The van der Waals surface area contributed by atoms with Gasteiger partial charge < -0.3 is 15.7 Å². The SMILES string of the molecule is CCCCCCCCCCCCC(CC(=O)O)C(=O)NC1CC(C)(C)NC(C)(C)C1. The second-order valence-corrected chi connectivity index (χ2v) is 10.8. The summed E-state index contributed by atoms with van der Waals surface area (Å²) in [7, 11) is 0. The number of unbranched alkanes of at least 4 members (excludes halogenated alkanes) is 9. The van der Waals surface area contributed by atoms with Gasteiger partial charge in [-0.3, -0.25) is 9.59 Å². The summed E-state index contributed by atoms with van der Waals surface area (Å²) in [6.07, 6.45) is 14.7. The van der Waals surface area contributed by atoms with Gasteiger partial charge in [-0.15, -0.1) is 0 Å². The molecule has 1 saturated heterocycles. The molecule has 0 aromatic heterocycles. The largest absolute Gasteiger partial charge is 0.481 e. The number of amides is 1. The third-order valence-electron chi connectivity index (χ3n) is 6.23. The van der Waals surface area contributed by atoms with Crippen LogP contribution in [0.15, 0.2) is 0 Å². The summed E-state index contributed by atoms with van der Waals surface area (Å²) < 4.78 is 0. The number of rotatable bonds is 15. The molecule has 1 aliphatic heterocycles. The molecule has 1 aliphatic rings. The topological polar surface area (TPSA) is 78.4 Å². The maximum atomic E-state index is 12.9. The molecule has 1 heterocycles. The highest BCUT2D eigenvalue weighted by Crippen LogP contribution is 2.29. The molecule has 0 bridgehead atoms. The zero-order valence-corrected chi connectivity index (χ0v) is 20.3. The van der Waals surface area contributed by atoms with Gasteiger partial charge >= 0.3 is 5.97 Å². The first-order chi connectivity index (χ1) is 14.0. The molecule has 1 unspecified atom stereocenters. The molecule has 0 radical (unpaired) electrons. The average Bonchev–Trinajstić information content (AvgIpc) is 2.59. The molecule has 1 atom stereocenters. The minimum atomic E-state index is -0.881. The maximum Gasteiger partial charge on any atom is 0.304 e. The maximum absolute atomic E-state index is 12.9. The van der Waals surface area contributed by atoms with E-state index in [0.29, 0.717) is 6.42 Å². The smallest absolute Gasteiger partial charge is 0.304 e. The highest BCUT2D eigenvalue weighted by atomic mass is 16.4. The van der Waals surface area contributed by atoms with E-state index in [2.05, 4.69) is 45.3 Å². The van der Waals surface area contributed by atoms with E-state index in [1.807, 2.05) is 0 Å². The lowest BCUT2D eigenvalue weighted by atomic mass is 9.79. The van der Waals surface area contributed by atoms with E-state index >= 15 is 0 Å². The van der Waals surface area contributed by atoms with Crippen molar-refractivity contribution in [2.45, 2.75) is 142 Å². The third-order valence-corrected chi connectivity index (χ3v) is 6.23. The van der Waals surface area contributed by atoms with Crippen molar-refractivity contribution in [3.8, 4) is 0 Å². The van der Waals surface area contributed by atoms with Gasteiger partial charge in [-0.1, -0.05) is 71.1 Å². The van der Waals surface area contributed by atoms with Crippen LogP contribution in [0, 0.1) is 5.92 Å². The van der Waals surface area contributed by atoms with Crippen molar-refractivity contribution in [3.63, 3.8) is 0 Å². The van der Waals surface area contributed by atoms with E-state index in [4.69, 9.17) is 0 Å². The molecule has 3 N–H and O–H groups in total. The molecule has 30 heavy (non-hydrogen) atoms. The van der Waals surface area contributed by atoms with Crippen LogP contribution in [-0.2, 0) is 9.59 Å². The van der Waals surface area contributed by atoms with E-state index in [0.717, 1.165) is 25.7 Å². The van der Waals surface area contributed by atoms with Gasteiger partial charge in [0.1, 0.15) is 0 Å². The molecule has 1 amide bonds. The minimum absolute atomic E-state index is 0.0431. The van der Waals surface area contributed by atoms with Crippen molar-refractivity contribution in [3.05, 3.63) is 0 Å². The summed E-state index contributed by atoms with van der Waals surface area (Å²) in [5.41, 5.74) is -0.0862. The number of carbonyl (C=O) groups excluding carboxylic acids is 1. The second-order valence-electron chi connectivity index (χ2n) is 10.8. The van der Waals surface area contributed by atoms with Crippen molar-refractivity contribution in [2.24, 2.45) is 5.92 Å². The lowest BCUT2D eigenvalue weighted by Gasteiger charge is -2.46. The van der Waals surface area contributed by atoms with Crippen molar-refractivity contribution in [1.82, 2.24) is 10.6 Å². The Morgan fingerprint density at radius 2 is 1.37 bits per heavy atom. The first-order valence-electron chi connectivity index (χ1n) is 12.4. The number of carbonyl (C=O) groups is 2. The fourth-order valence-corrected chi connectivity index (χ4v) is 5.16. The number of hydrogen-bond acceptors (Lipinski definition) is 3. The molecule has 1 fully saturated rings. The van der Waals surface area contributed by atoms with Crippen LogP contribution in [0.4, 0.5) is 0 Å². The van der Waals surface area contributed by atoms with E-state index in [9.17, 15) is 14.7 Å². The summed E-state index contributed by atoms with van der Waals surface area (Å²) in [6.45, 7) is 10.9. The van der Waals surface area contributed by atoms with Gasteiger partial charge in [0.2, 0.25) is 5.91 Å². The highest BCUT2D eigenvalue weighted by molar-refractivity contribution is 5.83. The Kier molecular flexibility index (Phi) is 12.0. The Morgan fingerprint density at radius 3 is 1.83 bits per heavy atom. The molecule has 0 saturated carbocycles. The molecule has 1 rings (SSSR count). The van der Waals surface area contributed by atoms with Crippen LogP contribution >= 0.6 is 0 Å².